The maximum Gasteiger partial charge on any atom is 0.260 e. The average Bonchev–Trinajstić information content (AvgIpc) is 3.25. The van der Waals surface area contributed by atoms with E-state index in [0.717, 1.165) is 4.31 Å². The number of pyridine rings is 1. The smallest absolute Gasteiger partial charge is 0.260 e. The minimum atomic E-state index is -3.93. The fraction of sp³-hybridized carbons (Fsp3) is 0.478. The summed E-state index contributed by atoms with van der Waals surface area (Å²) in [5.41, 5.74) is -0.000178. The molecule has 184 valence electrons. The first-order chi connectivity index (χ1) is 16.0. The number of aromatic nitrogens is 1. The molecule has 0 bridgehead atoms. The van der Waals surface area contributed by atoms with E-state index >= 15 is 0 Å². The van der Waals surface area contributed by atoms with Crippen LogP contribution in [0.1, 0.15) is 50.4 Å². The Morgan fingerprint density at radius 3 is 2.65 bits per heavy atom. The third-order valence-corrected chi connectivity index (χ3v) is 7.16. The van der Waals surface area contributed by atoms with Crippen molar-refractivity contribution in [1.82, 2.24) is 19.9 Å². The van der Waals surface area contributed by atoms with Crippen LogP contribution in [-0.4, -0.2) is 60.5 Å². The highest BCUT2D eigenvalue weighted by Gasteiger charge is 2.35. The van der Waals surface area contributed by atoms with Gasteiger partial charge >= 0.3 is 0 Å². The molecule has 2 aromatic rings. The molecular formula is C23H30N4O6S. The molecule has 1 fully saturated rings. The molecule has 0 unspecified atom stereocenters. The van der Waals surface area contributed by atoms with E-state index in [-0.39, 0.29) is 35.5 Å². The van der Waals surface area contributed by atoms with Crippen molar-refractivity contribution in [3.05, 3.63) is 48.6 Å². The van der Waals surface area contributed by atoms with Gasteiger partial charge in [-0.2, -0.15) is 4.31 Å². The maximum absolute atomic E-state index is 13.1. The third kappa shape index (κ3) is 6.51. The number of nitrogens with zero attached hydrogens (tertiary/aromatic N) is 2. The summed E-state index contributed by atoms with van der Waals surface area (Å²) in [6.45, 7) is 5.59. The van der Waals surface area contributed by atoms with Gasteiger partial charge in [0, 0.05) is 12.7 Å². The lowest BCUT2D eigenvalue weighted by atomic mass is 9.87. The number of nitrogens with one attached hydrogen (secondary N) is 2. The molecule has 2 atom stereocenters. The number of hydrogen-bond donors (Lipinski definition) is 2. The largest absolute Gasteiger partial charge is 0.472 e. The molecule has 1 aliphatic rings. The van der Waals surface area contributed by atoms with Crippen molar-refractivity contribution in [2.45, 2.75) is 57.1 Å². The van der Waals surface area contributed by atoms with Crippen LogP contribution in [0.2, 0.25) is 0 Å². The van der Waals surface area contributed by atoms with E-state index in [9.17, 15) is 22.8 Å². The zero-order valence-electron chi connectivity index (χ0n) is 19.5. The Morgan fingerprint density at radius 2 is 2.03 bits per heavy atom. The van der Waals surface area contributed by atoms with E-state index in [1.165, 1.54) is 30.9 Å². The van der Waals surface area contributed by atoms with E-state index in [4.69, 9.17) is 4.42 Å². The van der Waals surface area contributed by atoms with Gasteiger partial charge in [0.15, 0.2) is 10.8 Å². The number of hydrogen-bond acceptors (Lipinski definition) is 7. The molecule has 34 heavy (non-hydrogen) atoms. The molecule has 0 spiro atoms. The molecule has 1 saturated heterocycles. The highest BCUT2D eigenvalue weighted by atomic mass is 32.2. The first kappa shape index (κ1) is 25.6. The fourth-order valence-electron chi connectivity index (χ4n) is 3.71. The first-order valence-corrected chi connectivity index (χ1v) is 12.5. The molecule has 0 radical (unpaired) electrons. The van der Waals surface area contributed by atoms with Crippen LogP contribution >= 0.6 is 0 Å². The number of amides is 2. The normalized spacial score (nSPS) is 18.7. The van der Waals surface area contributed by atoms with Crippen molar-refractivity contribution in [3.8, 4) is 0 Å². The molecule has 0 aliphatic carbocycles. The van der Waals surface area contributed by atoms with E-state index in [2.05, 4.69) is 15.6 Å². The van der Waals surface area contributed by atoms with Crippen LogP contribution < -0.4 is 10.6 Å². The topological polar surface area (TPSA) is 139 Å². The molecule has 0 saturated carbocycles. The summed E-state index contributed by atoms with van der Waals surface area (Å²) in [6.07, 6.45) is 5.03. The standard InChI is InChI=1S/C23H30N4O6S/c1-23(2,3)13-18(26-21(29)16-9-12-33-15-16)22(30)25-17-7-6-11-27(14-19(17)28)34(31,32)20-8-4-5-10-24-20/h4-5,8-10,12,15,17-18H,6-7,11,13-14H2,1-3H3,(H,25,30)(H,26,29)/t17-,18-/m0/s1. The molecule has 2 amide bonds. The van der Waals surface area contributed by atoms with Crippen LogP contribution in [0, 0.1) is 5.41 Å². The van der Waals surface area contributed by atoms with Gasteiger partial charge in [0.05, 0.1) is 24.4 Å². The van der Waals surface area contributed by atoms with Gasteiger partial charge in [-0.05, 0) is 42.9 Å². The number of rotatable bonds is 7. The summed E-state index contributed by atoms with van der Waals surface area (Å²) in [6, 6.07) is 4.31. The summed E-state index contributed by atoms with van der Waals surface area (Å²) >= 11 is 0. The van der Waals surface area contributed by atoms with Gasteiger partial charge in [-0.15, -0.1) is 0 Å². The Hall–Kier alpha value is -3.05. The number of carbonyl (C=O) groups is 3. The number of ketones is 1. The zero-order valence-corrected chi connectivity index (χ0v) is 20.3. The zero-order chi connectivity index (χ0) is 24.9. The quantitative estimate of drug-likeness (QED) is 0.603. The van der Waals surface area contributed by atoms with Crippen LogP contribution in [0.4, 0.5) is 0 Å². The predicted molar refractivity (Wildman–Crippen MR) is 123 cm³/mol. The van der Waals surface area contributed by atoms with Crippen LogP contribution in [0.3, 0.4) is 0 Å². The molecule has 10 nitrogen and oxygen atoms in total. The van der Waals surface area contributed by atoms with Gasteiger partial charge < -0.3 is 15.1 Å². The molecule has 2 aromatic heterocycles. The molecule has 0 aromatic carbocycles. The molecule has 3 rings (SSSR count). The Balaban J connectivity index is 1.70. The van der Waals surface area contributed by atoms with E-state index in [0.29, 0.717) is 12.8 Å². The van der Waals surface area contributed by atoms with Crippen molar-refractivity contribution in [2.75, 3.05) is 13.1 Å². The minimum Gasteiger partial charge on any atom is -0.472 e. The van der Waals surface area contributed by atoms with Crippen molar-refractivity contribution in [3.63, 3.8) is 0 Å². The van der Waals surface area contributed by atoms with E-state index < -0.39 is 39.7 Å². The predicted octanol–water partition coefficient (Wildman–Crippen LogP) is 1.75. The van der Waals surface area contributed by atoms with Crippen LogP contribution in [0.5, 0.6) is 0 Å². The Labute approximate surface area is 199 Å². The van der Waals surface area contributed by atoms with Crippen molar-refractivity contribution >= 4 is 27.6 Å². The van der Waals surface area contributed by atoms with Gasteiger partial charge in [-0.1, -0.05) is 26.8 Å². The number of sulfonamides is 1. The second kappa shape index (κ2) is 10.5. The molecule has 11 heteroatoms. The lowest BCUT2D eigenvalue weighted by Crippen LogP contribution is -2.53. The fourth-order valence-corrected chi connectivity index (χ4v) is 5.09. The van der Waals surface area contributed by atoms with Gasteiger partial charge in [-0.3, -0.25) is 14.4 Å². The Kier molecular flexibility index (Phi) is 7.88. The van der Waals surface area contributed by atoms with Crippen molar-refractivity contribution in [1.29, 1.82) is 0 Å². The number of furan rings is 1. The Morgan fingerprint density at radius 1 is 1.26 bits per heavy atom. The van der Waals surface area contributed by atoms with Crippen LogP contribution in [0.25, 0.3) is 0 Å². The highest BCUT2D eigenvalue weighted by molar-refractivity contribution is 7.89. The second-order valence-corrected chi connectivity index (χ2v) is 11.4. The number of carbonyl (C=O) groups excluding carboxylic acids is 3. The van der Waals surface area contributed by atoms with Crippen molar-refractivity contribution < 1.29 is 27.2 Å². The first-order valence-electron chi connectivity index (χ1n) is 11.0. The number of Topliss-reactive ketones (excluding diaryl/α,β-unsaturated/α-hetero) is 1. The average molecular weight is 491 g/mol. The maximum atomic E-state index is 13.1. The van der Waals surface area contributed by atoms with E-state index in [1.807, 2.05) is 20.8 Å². The van der Waals surface area contributed by atoms with E-state index in [1.54, 1.807) is 12.1 Å². The summed E-state index contributed by atoms with van der Waals surface area (Å²) in [4.78, 5) is 42.4. The van der Waals surface area contributed by atoms with Gasteiger partial charge in [-0.25, -0.2) is 13.4 Å². The lowest BCUT2D eigenvalue weighted by Gasteiger charge is -2.27. The SMILES string of the molecule is CC(C)(C)C[C@H](NC(=O)c1ccoc1)C(=O)N[C@H]1CCCN(S(=O)(=O)c2ccccn2)CC1=O. The monoisotopic (exact) mass is 490 g/mol. The van der Waals surface area contributed by atoms with Gasteiger partial charge in [0.1, 0.15) is 12.3 Å². The third-order valence-electron chi connectivity index (χ3n) is 5.40. The summed E-state index contributed by atoms with van der Waals surface area (Å²) in [5, 5.41) is 5.32. The highest BCUT2D eigenvalue weighted by Crippen LogP contribution is 2.22. The molecular weight excluding hydrogens is 460 g/mol. The minimum absolute atomic E-state index is 0.127. The summed E-state index contributed by atoms with van der Waals surface area (Å²) < 4.78 is 31.8. The van der Waals surface area contributed by atoms with Crippen molar-refractivity contribution in [2.24, 2.45) is 5.41 Å². The van der Waals surface area contributed by atoms with Crippen LogP contribution in [-0.2, 0) is 19.6 Å². The lowest BCUT2D eigenvalue weighted by molar-refractivity contribution is -0.129. The molecule has 2 N–H and O–H groups in total. The molecule has 3 heterocycles. The van der Waals surface area contributed by atoms with Crippen LogP contribution in [0.15, 0.2) is 52.4 Å². The van der Waals surface area contributed by atoms with Gasteiger partial charge in [0.2, 0.25) is 5.91 Å². The molecule has 1 aliphatic heterocycles. The summed E-state index contributed by atoms with van der Waals surface area (Å²) in [5.74, 6) is -1.37. The second-order valence-electron chi connectivity index (χ2n) is 9.48. The summed E-state index contributed by atoms with van der Waals surface area (Å²) in [7, 11) is -3.93. The Bertz CT molecular complexity index is 1110. The van der Waals surface area contributed by atoms with Gasteiger partial charge in [0.25, 0.3) is 15.9 Å².